The molecule has 1 rings (SSSR count). The Morgan fingerprint density at radius 3 is 2.71 bits per heavy atom. The van der Waals surface area contributed by atoms with Crippen LogP contribution in [0.4, 0.5) is 10.1 Å². The first kappa shape index (κ1) is 17.4. The number of hydrogen-bond donors (Lipinski definition) is 2. The Kier molecular flexibility index (Phi) is 6.15. The van der Waals surface area contributed by atoms with Gasteiger partial charge in [-0.05, 0) is 12.5 Å². The zero-order valence-electron chi connectivity index (χ0n) is 11.2. The number of aliphatic hydroxyl groups excluding tert-OH is 1. The lowest BCUT2D eigenvalue weighted by Gasteiger charge is -2.11. The maximum Gasteiger partial charge on any atom is 0.272 e. The molecule has 0 aliphatic heterocycles. The second-order valence-electron chi connectivity index (χ2n) is 4.17. The molecule has 1 aromatic rings. The molecule has 0 amide bonds. The van der Waals surface area contributed by atoms with Crippen LogP contribution >= 0.6 is 0 Å². The third-order valence-electron chi connectivity index (χ3n) is 2.54. The van der Waals surface area contributed by atoms with Crippen LogP contribution in [0.2, 0.25) is 0 Å². The number of aliphatic hydroxyl groups is 1. The average Bonchev–Trinajstić information content (AvgIpc) is 2.38. The number of sulfonamides is 1. The smallest absolute Gasteiger partial charge is 0.272 e. The van der Waals surface area contributed by atoms with Crippen molar-refractivity contribution in [2.45, 2.75) is 17.4 Å². The Labute approximate surface area is 120 Å². The number of ether oxygens (including phenoxy) is 1. The van der Waals surface area contributed by atoms with Crippen molar-refractivity contribution in [3.63, 3.8) is 0 Å². The van der Waals surface area contributed by atoms with Gasteiger partial charge in [0, 0.05) is 19.7 Å². The molecule has 10 heteroatoms. The van der Waals surface area contributed by atoms with Crippen molar-refractivity contribution in [3.05, 3.63) is 34.1 Å². The predicted octanol–water partition coefficient (Wildman–Crippen LogP) is 0.410. The standard InChI is InChI=1S/C11H15FN2O6S/c1-20-7-9(15)4-5-13-21(18,19)11-3-2-8(14(16)17)6-10(11)12/h2-3,6,9,13,15H,4-5,7H2,1H3. The lowest BCUT2D eigenvalue weighted by atomic mass is 10.3. The van der Waals surface area contributed by atoms with E-state index in [1.54, 1.807) is 0 Å². The van der Waals surface area contributed by atoms with E-state index in [1.807, 2.05) is 0 Å². The molecule has 0 bridgehead atoms. The number of hydrogen-bond acceptors (Lipinski definition) is 6. The maximum atomic E-state index is 13.6. The number of benzene rings is 1. The number of rotatable bonds is 8. The van der Waals surface area contributed by atoms with Gasteiger partial charge in [-0.1, -0.05) is 0 Å². The first-order valence-electron chi connectivity index (χ1n) is 5.88. The van der Waals surface area contributed by atoms with Crippen LogP contribution in [0.3, 0.4) is 0 Å². The van der Waals surface area contributed by atoms with Crippen molar-refractivity contribution >= 4 is 15.7 Å². The van der Waals surface area contributed by atoms with Gasteiger partial charge in [0.25, 0.3) is 5.69 Å². The van der Waals surface area contributed by atoms with Crippen molar-refractivity contribution in [1.29, 1.82) is 0 Å². The van der Waals surface area contributed by atoms with E-state index in [1.165, 1.54) is 7.11 Å². The molecule has 0 aromatic heterocycles. The topological polar surface area (TPSA) is 119 Å². The molecule has 0 fully saturated rings. The molecule has 118 valence electrons. The highest BCUT2D eigenvalue weighted by atomic mass is 32.2. The van der Waals surface area contributed by atoms with Gasteiger partial charge in [-0.25, -0.2) is 17.5 Å². The second-order valence-corrected chi connectivity index (χ2v) is 5.90. The molecule has 0 radical (unpaired) electrons. The SMILES string of the molecule is COCC(O)CCNS(=O)(=O)c1ccc([N+](=O)[O-])cc1F. The van der Waals surface area contributed by atoms with E-state index in [4.69, 9.17) is 0 Å². The van der Waals surface area contributed by atoms with E-state index in [0.29, 0.717) is 6.07 Å². The van der Waals surface area contributed by atoms with Gasteiger partial charge >= 0.3 is 0 Å². The lowest BCUT2D eigenvalue weighted by Crippen LogP contribution is -2.29. The van der Waals surface area contributed by atoms with Crippen LogP contribution in [0, 0.1) is 15.9 Å². The number of nitrogens with one attached hydrogen (secondary N) is 1. The van der Waals surface area contributed by atoms with Crippen LogP contribution in [0.5, 0.6) is 0 Å². The van der Waals surface area contributed by atoms with E-state index in [-0.39, 0.29) is 19.6 Å². The van der Waals surface area contributed by atoms with E-state index in [2.05, 4.69) is 9.46 Å². The highest BCUT2D eigenvalue weighted by Crippen LogP contribution is 2.20. The minimum Gasteiger partial charge on any atom is -0.391 e. The molecule has 0 saturated heterocycles. The first-order valence-corrected chi connectivity index (χ1v) is 7.37. The minimum absolute atomic E-state index is 0.0492. The monoisotopic (exact) mass is 322 g/mol. The number of nitrogens with zero attached hydrogens (tertiary/aromatic N) is 1. The van der Waals surface area contributed by atoms with Crippen molar-refractivity contribution in [2.75, 3.05) is 20.3 Å². The van der Waals surface area contributed by atoms with Crippen molar-refractivity contribution in [1.82, 2.24) is 4.72 Å². The molecule has 0 aliphatic carbocycles. The Balaban J connectivity index is 2.77. The third-order valence-corrected chi connectivity index (χ3v) is 4.04. The highest BCUT2D eigenvalue weighted by molar-refractivity contribution is 7.89. The first-order chi connectivity index (χ1) is 9.77. The summed E-state index contributed by atoms with van der Waals surface area (Å²) in [7, 11) is -2.76. The summed E-state index contributed by atoms with van der Waals surface area (Å²) in [5.74, 6) is -1.21. The molecular formula is C11H15FN2O6S. The van der Waals surface area contributed by atoms with E-state index in [0.717, 1.165) is 12.1 Å². The number of nitro groups is 1. The van der Waals surface area contributed by atoms with Gasteiger partial charge in [-0.15, -0.1) is 0 Å². The fraction of sp³-hybridized carbons (Fsp3) is 0.455. The summed E-state index contributed by atoms with van der Waals surface area (Å²) < 4.78 is 44.1. The largest absolute Gasteiger partial charge is 0.391 e. The molecule has 1 unspecified atom stereocenters. The summed E-state index contributed by atoms with van der Waals surface area (Å²) in [5, 5.41) is 19.8. The van der Waals surface area contributed by atoms with Crippen molar-refractivity contribution < 1.29 is 27.6 Å². The normalized spacial score (nSPS) is 13.1. The van der Waals surface area contributed by atoms with Gasteiger partial charge in [0.05, 0.1) is 23.7 Å². The fourth-order valence-corrected chi connectivity index (χ4v) is 2.64. The third kappa shape index (κ3) is 5.01. The van der Waals surface area contributed by atoms with Crippen LogP contribution in [0.1, 0.15) is 6.42 Å². The van der Waals surface area contributed by atoms with Crippen molar-refractivity contribution in [2.24, 2.45) is 0 Å². The van der Waals surface area contributed by atoms with Crippen LogP contribution in [-0.2, 0) is 14.8 Å². The number of halogens is 1. The highest BCUT2D eigenvalue weighted by Gasteiger charge is 2.21. The molecule has 1 atom stereocenters. The van der Waals surface area contributed by atoms with E-state index >= 15 is 0 Å². The average molecular weight is 322 g/mol. The summed E-state index contributed by atoms with van der Waals surface area (Å²) in [4.78, 5) is 8.95. The summed E-state index contributed by atoms with van der Waals surface area (Å²) in [5.41, 5.74) is -0.540. The Bertz CT molecular complexity index is 607. The molecule has 0 heterocycles. The Morgan fingerprint density at radius 2 is 2.19 bits per heavy atom. The quantitative estimate of drug-likeness (QED) is 0.528. The van der Waals surface area contributed by atoms with Crippen LogP contribution in [0.15, 0.2) is 23.1 Å². The second kappa shape index (κ2) is 7.41. The van der Waals surface area contributed by atoms with Crippen LogP contribution in [0.25, 0.3) is 0 Å². The van der Waals surface area contributed by atoms with Gasteiger partial charge < -0.3 is 9.84 Å². The summed E-state index contributed by atoms with van der Waals surface area (Å²) in [6.45, 7) is -0.0725. The summed E-state index contributed by atoms with van der Waals surface area (Å²) in [6, 6.07) is 2.26. The Morgan fingerprint density at radius 1 is 1.52 bits per heavy atom. The van der Waals surface area contributed by atoms with Gasteiger partial charge in [0.15, 0.2) is 0 Å². The zero-order chi connectivity index (χ0) is 16.0. The van der Waals surface area contributed by atoms with Crippen LogP contribution < -0.4 is 4.72 Å². The molecule has 0 saturated carbocycles. The molecule has 0 spiro atoms. The van der Waals surface area contributed by atoms with Gasteiger partial charge in [-0.2, -0.15) is 0 Å². The van der Waals surface area contributed by atoms with Gasteiger partial charge in [0.1, 0.15) is 10.7 Å². The summed E-state index contributed by atoms with van der Waals surface area (Å²) in [6.07, 6.45) is -0.763. The van der Waals surface area contributed by atoms with Gasteiger partial charge in [0.2, 0.25) is 10.0 Å². The number of non-ortho nitro benzene ring substituents is 1. The molecule has 0 aliphatic rings. The lowest BCUT2D eigenvalue weighted by molar-refractivity contribution is -0.385. The van der Waals surface area contributed by atoms with E-state index < -0.39 is 37.5 Å². The van der Waals surface area contributed by atoms with Gasteiger partial charge in [-0.3, -0.25) is 10.1 Å². The molecule has 8 nitrogen and oxygen atoms in total. The molecule has 21 heavy (non-hydrogen) atoms. The number of nitro benzene ring substituents is 1. The molecule has 1 aromatic carbocycles. The maximum absolute atomic E-state index is 13.6. The minimum atomic E-state index is -4.14. The molecule has 2 N–H and O–H groups in total. The zero-order valence-corrected chi connectivity index (χ0v) is 12.0. The summed E-state index contributed by atoms with van der Waals surface area (Å²) >= 11 is 0. The predicted molar refractivity (Wildman–Crippen MR) is 70.7 cm³/mol. The fourth-order valence-electron chi connectivity index (χ4n) is 1.53. The number of methoxy groups -OCH3 is 1. The van der Waals surface area contributed by atoms with Crippen molar-refractivity contribution in [3.8, 4) is 0 Å². The molecular weight excluding hydrogens is 307 g/mol. The van der Waals surface area contributed by atoms with Crippen LogP contribution in [-0.4, -0.2) is 44.8 Å². The Hall–Kier alpha value is -1.62. The van der Waals surface area contributed by atoms with E-state index in [9.17, 15) is 28.0 Å².